The highest BCUT2D eigenvalue weighted by Crippen LogP contribution is 2.35. The van der Waals surface area contributed by atoms with Crippen LogP contribution in [0, 0.1) is 0 Å². The number of amides is 3. The number of anilines is 2. The molecule has 1 aromatic heterocycles. The predicted octanol–water partition coefficient (Wildman–Crippen LogP) is 4.90. The summed E-state index contributed by atoms with van der Waals surface area (Å²) < 4.78 is 15.6. The summed E-state index contributed by atoms with van der Waals surface area (Å²) in [6.07, 6.45) is 1.38. The lowest BCUT2D eigenvalue weighted by atomic mass is 10.1. The van der Waals surface area contributed by atoms with E-state index >= 15 is 0 Å². The van der Waals surface area contributed by atoms with Crippen molar-refractivity contribution in [3.8, 4) is 0 Å². The fourth-order valence-electron chi connectivity index (χ4n) is 4.22. The molecule has 2 N–H and O–H groups in total. The second-order valence-corrected chi connectivity index (χ2v) is 9.89. The van der Waals surface area contributed by atoms with Crippen LogP contribution in [0.3, 0.4) is 0 Å². The number of hydrogen-bond acceptors (Lipinski definition) is 8. The van der Waals surface area contributed by atoms with Gasteiger partial charge in [0.05, 0.1) is 37.0 Å². The van der Waals surface area contributed by atoms with Crippen molar-refractivity contribution < 1.29 is 37.9 Å². The van der Waals surface area contributed by atoms with Crippen molar-refractivity contribution in [1.82, 2.24) is 5.32 Å². The normalized spacial score (nSPS) is 13.7. The monoisotopic (exact) mass is 625 g/mol. The van der Waals surface area contributed by atoms with Gasteiger partial charge in [0.25, 0.3) is 5.91 Å². The third-order valence-electron chi connectivity index (χ3n) is 6.15. The average molecular weight is 626 g/mol. The Hall–Kier alpha value is -4.87. The molecule has 2 aromatic carbocycles. The molecule has 0 saturated carbocycles. The van der Waals surface area contributed by atoms with Gasteiger partial charge in [-0.1, -0.05) is 23.2 Å². The topological polar surface area (TPSA) is 144 Å². The van der Waals surface area contributed by atoms with E-state index in [2.05, 4.69) is 10.6 Å². The lowest BCUT2D eigenvalue weighted by Crippen LogP contribution is -2.34. The Morgan fingerprint density at radius 3 is 2.26 bits per heavy atom. The zero-order valence-electron chi connectivity index (χ0n) is 23.2. The molecule has 0 fully saturated rings. The van der Waals surface area contributed by atoms with Crippen LogP contribution in [0.15, 0.2) is 75.9 Å². The summed E-state index contributed by atoms with van der Waals surface area (Å²) in [6.45, 7) is 3.37. The third kappa shape index (κ3) is 7.14. The summed E-state index contributed by atoms with van der Waals surface area (Å²) in [7, 11) is 1.20. The van der Waals surface area contributed by atoms with E-state index in [-0.39, 0.29) is 51.6 Å². The molecular formula is C30H25Cl2N3O8. The molecule has 0 saturated heterocycles. The van der Waals surface area contributed by atoms with Crippen LogP contribution in [0.4, 0.5) is 11.4 Å². The van der Waals surface area contributed by atoms with Gasteiger partial charge in [-0.25, -0.2) is 9.59 Å². The highest BCUT2D eigenvalue weighted by atomic mass is 35.5. The summed E-state index contributed by atoms with van der Waals surface area (Å²) in [6, 6.07) is 13.6. The van der Waals surface area contributed by atoms with Gasteiger partial charge in [-0.3, -0.25) is 19.3 Å². The average Bonchev–Trinajstić information content (AvgIpc) is 3.52. The summed E-state index contributed by atoms with van der Waals surface area (Å²) in [5.74, 6) is -3.15. The number of carbonyl (C=O) groups is 5. The molecule has 43 heavy (non-hydrogen) atoms. The standard InChI is InChI=1S/C30H25Cl2N3O8/c1-4-42-29(39)17-5-7-21(8-6-17)35-16(2)25(30(40)41-3)24(28(35)38)14-22-9-10-23(43-22)15-33-26(36)27(37)34-20-12-18(31)11-19(32)13-20/h5-14H,4,15H2,1-3H3,(H,33,36)(H,34,37)/b24-14+. The molecule has 4 rings (SSSR count). The molecule has 0 atom stereocenters. The van der Waals surface area contributed by atoms with Gasteiger partial charge < -0.3 is 24.5 Å². The van der Waals surface area contributed by atoms with E-state index in [9.17, 15) is 24.0 Å². The molecule has 3 aromatic rings. The van der Waals surface area contributed by atoms with Crippen LogP contribution in [-0.2, 0) is 35.2 Å². The quantitative estimate of drug-likeness (QED) is 0.204. The van der Waals surface area contributed by atoms with Crippen LogP contribution < -0.4 is 15.5 Å². The molecule has 0 unspecified atom stereocenters. The fraction of sp³-hybridized carbons (Fsp3) is 0.167. The number of rotatable bonds is 8. The summed E-state index contributed by atoms with van der Waals surface area (Å²) >= 11 is 11.8. The van der Waals surface area contributed by atoms with Crippen LogP contribution >= 0.6 is 23.2 Å². The minimum absolute atomic E-state index is 0.0170. The summed E-state index contributed by atoms with van der Waals surface area (Å²) in [5, 5.41) is 5.41. The maximum absolute atomic E-state index is 13.5. The highest BCUT2D eigenvalue weighted by molar-refractivity contribution is 6.40. The lowest BCUT2D eigenvalue weighted by Gasteiger charge is -2.18. The van der Waals surface area contributed by atoms with E-state index in [1.165, 1.54) is 54.5 Å². The second kappa shape index (κ2) is 13.4. The van der Waals surface area contributed by atoms with Crippen LogP contribution in [-0.4, -0.2) is 43.4 Å². The molecule has 1 aliphatic heterocycles. The Balaban J connectivity index is 1.49. The number of carbonyl (C=O) groups excluding carboxylic acids is 5. The molecule has 11 nitrogen and oxygen atoms in total. The van der Waals surface area contributed by atoms with E-state index in [0.717, 1.165) is 0 Å². The molecule has 2 heterocycles. The second-order valence-electron chi connectivity index (χ2n) is 9.02. The van der Waals surface area contributed by atoms with Gasteiger partial charge in [-0.15, -0.1) is 0 Å². The van der Waals surface area contributed by atoms with Crippen LogP contribution in [0.2, 0.25) is 10.0 Å². The first-order valence-electron chi connectivity index (χ1n) is 12.8. The van der Waals surface area contributed by atoms with Crippen molar-refractivity contribution in [2.75, 3.05) is 23.9 Å². The maximum atomic E-state index is 13.5. The van der Waals surface area contributed by atoms with E-state index in [1.54, 1.807) is 32.0 Å². The number of furan rings is 1. The van der Waals surface area contributed by atoms with Crippen molar-refractivity contribution in [1.29, 1.82) is 0 Å². The Kier molecular flexibility index (Phi) is 9.69. The van der Waals surface area contributed by atoms with Crippen molar-refractivity contribution in [3.63, 3.8) is 0 Å². The molecule has 222 valence electrons. The zero-order valence-corrected chi connectivity index (χ0v) is 24.7. The number of allylic oxidation sites excluding steroid dienone is 1. The predicted molar refractivity (Wildman–Crippen MR) is 158 cm³/mol. The number of nitrogens with one attached hydrogen (secondary N) is 2. The van der Waals surface area contributed by atoms with Crippen LogP contribution in [0.5, 0.6) is 0 Å². The zero-order chi connectivity index (χ0) is 31.3. The number of hydrogen-bond donors (Lipinski definition) is 2. The Bertz CT molecular complexity index is 1650. The third-order valence-corrected chi connectivity index (χ3v) is 6.58. The molecular weight excluding hydrogens is 601 g/mol. The van der Waals surface area contributed by atoms with Crippen LogP contribution in [0.1, 0.15) is 35.7 Å². The van der Waals surface area contributed by atoms with Gasteiger partial charge in [0.2, 0.25) is 0 Å². The molecule has 1 aliphatic rings. The molecule has 0 bridgehead atoms. The van der Waals surface area contributed by atoms with Crippen molar-refractivity contribution in [2.45, 2.75) is 20.4 Å². The highest BCUT2D eigenvalue weighted by Gasteiger charge is 2.38. The number of benzene rings is 2. The Labute approximate surface area is 256 Å². The van der Waals surface area contributed by atoms with Gasteiger partial charge in [-0.2, -0.15) is 0 Å². The largest absolute Gasteiger partial charge is 0.465 e. The van der Waals surface area contributed by atoms with E-state index in [0.29, 0.717) is 16.9 Å². The number of nitrogens with zero attached hydrogens (tertiary/aromatic N) is 1. The molecule has 0 spiro atoms. The smallest absolute Gasteiger partial charge is 0.340 e. The lowest BCUT2D eigenvalue weighted by molar-refractivity contribution is -0.136. The molecule has 0 aliphatic carbocycles. The van der Waals surface area contributed by atoms with Gasteiger partial charge >= 0.3 is 23.8 Å². The van der Waals surface area contributed by atoms with Crippen molar-refractivity contribution in [2.24, 2.45) is 0 Å². The Morgan fingerprint density at radius 2 is 1.63 bits per heavy atom. The van der Waals surface area contributed by atoms with Crippen molar-refractivity contribution >= 4 is 70.3 Å². The number of esters is 2. The minimum Gasteiger partial charge on any atom is -0.465 e. The SMILES string of the molecule is CCOC(=O)c1ccc(N2C(=O)/C(=C/c3ccc(CNC(=O)C(=O)Nc4cc(Cl)cc(Cl)c4)o3)C(C(=O)OC)=C2C)cc1. The van der Waals surface area contributed by atoms with Gasteiger partial charge in [0.1, 0.15) is 11.5 Å². The van der Waals surface area contributed by atoms with Gasteiger partial charge in [0.15, 0.2) is 0 Å². The first kappa shape index (κ1) is 31.1. The summed E-state index contributed by atoms with van der Waals surface area (Å²) in [5.41, 5.74) is 1.35. The number of ether oxygens (including phenoxy) is 2. The van der Waals surface area contributed by atoms with E-state index < -0.39 is 29.7 Å². The molecule has 3 amide bonds. The maximum Gasteiger partial charge on any atom is 0.340 e. The fourth-order valence-corrected chi connectivity index (χ4v) is 4.75. The van der Waals surface area contributed by atoms with E-state index in [1.807, 2.05) is 0 Å². The van der Waals surface area contributed by atoms with Gasteiger partial charge in [0, 0.05) is 27.1 Å². The van der Waals surface area contributed by atoms with E-state index in [4.69, 9.17) is 37.1 Å². The first-order valence-corrected chi connectivity index (χ1v) is 13.5. The minimum atomic E-state index is -0.942. The first-order chi connectivity index (χ1) is 20.5. The summed E-state index contributed by atoms with van der Waals surface area (Å²) in [4.78, 5) is 64.1. The van der Waals surface area contributed by atoms with Crippen LogP contribution in [0.25, 0.3) is 6.08 Å². The Morgan fingerprint density at radius 1 is 0.953 bits per heavy atom. The number of methoxy groups -OCH3 is 1. The molecule has 0 radical (unpaired) electrons. The molecule has 13 heteroatoms. The van der Waals surface area contributed by atoms with Crippen molar-refractivity contribution in [3.05, 3.63) is 98.6 Å². The van der Waals surface area contributed by atoms with Gasteiger partial charge in [-0.05, 0) is 74.5 Å². The number of halogens is 2.